The van der Waals surface area contributed by atoms with Gasteiger partial charge in [0, 0.05) is 23.4 Å². The number of Topliss-reactive ketones (excluding diaryl/α,β-unsaturated/α-hetero) is 1. The fourth-order valence-corrected chi connectivity index (χ4v) is 3.64. The van der Waals surface area contributed by atoms with E-state index in [1.54, 1.807) is 6.92 Å². The summed E-state index contributed by atoms with van der Waals surface area (Å²) in [5.74, 6) is -1.33. The number of thiazole rings is 1. The molecule has 0 aliphatic carbocycles. The van der Waals surface area contributed by atoms with Gasteiger partial charge in [0.25, 0.3) is 0 Å². The summed E-state index contributed by atoms with van der Waals surface area (Å²) in [6.45, 7) is 1.68. The molecule has 2 aromatic heterocycles. The molecule has 0 saturated heterocycles. The van der Waals surface area contributed by atoms with Gasteiger partial charge in [0.05, 0.1) is 11.1 Å². The molecule has 3 rings (SSSR count). The van der Waals surface area contributed by atoms with E-state index in [-0.39, 0.29) is 98.5 Å². The summed E-state index contributed by atoms with van der Waals surface area (Å²) in [4.78, 5) is 51.0. The Bertz CT molecular complexity index is 960. The molecule has 0 saturated carbocycles. The summed E-state index contributed by atoms with van der Waals surface area (Å²) in [5, 5.41) is 1.71. The first-order valence-electron chi connectivity index (χ1n) is 6.91. The van der Waals surface area contributed by atoms with Gasteiger partial charge in [-0.25, -0.2) is 9.37 Å². The predicted molar refractivity (Wildman–Crippen MR) is 84.4 cm³/mol. The Morgan fingerprint density at radius 3 is 2.62 bits per heavy atom. The standard InChI is InChI=1S/C15H10FN2O4PS.2Na/c1-2-13(19)11-7-24-15(17-11)14(20)10-6-18(23(21)22)12-4-3-8(16)5-9(10)12;;/h3-7H,2H2,1H3;;/q-2;2*+1. The molecule has 2 heterocycles. The van der Waals surface area contributed by atoms with Crippen LogP contribution >= 0.6 is 19.9 Å². The molecule has 0 N–H and O–H groups in total. The molecular formula is C15H10FN2Na2O4PS. The minimum atomic E-state index is -3.01. The first-order chi connectivity index (χ1) is 11.4. The van der Waals surface area contributed by atoms with Gasteiger partial charge in [-0.2, -0.15) is 8.53 Å². The average Bonchev–Trinajstić information content (AvgIpc) is 3.18. The number of aromatic nitrogens is 2. The van der Waals surface area contributed by atoms with Crippen molar-refractivity contribution < 1.29 is 82.9 Å². The fourth-order valence-electron chi connectivity index (χ4n) is 2.30. The Morgan fingerprint density at radius 2 is 2.00 bits per heavy atom. The predicted octanol–water partition coefficient (Wildman–Crippen LogP) is -4.14. The Morgan fingerprint density at radius 1 is 1.31 bits per heavy atom. The Labute approximate surface area is 198 Å². The van der Waals surface area contributed by atoms with Crippen molar-refractivity contribution in [1.29, 1.82) is 0 Å². The minimum absolute atomic E-state index is 0. The van der Waals surface area contributed by atoms with Crippen molar-refractivity contribution in [2.45, 2.75) is 13.3 Å². The van der Waals surface area contributed by atoms with Crippen molar-refractivity contribution in [2.75, 3.05) is 0 Å². The van der Waals surface area contributed by atoms with E-state index in [2.05, 4.69) is 4.98 Å². The number of benzene rings is 1. The number of nitrogens with zero attached hydrogens (tertiary/aromatic N) is 2. The van der Waals surface area contributed by atoms with Crippen LogP contribution in [0.1, 0.15) is 39.2 Å². The maximum absolute atomic E-state index is 13.5. The number of hydrogen-bond acceptors (Lipinski definition) is 6. The number of fused-ring (bicyclic) bond motifs is 1. The van der Waals surface area contributed by atoms with Crippen LogP contribution in [0, 0.1) is 5.82 Å². The summed E-state index contributed by atoms with van der Waals surface area (Å²) < 4.78 is 14.4. The van der Waals surface area contributed by atoms with Gasteiger partial charge in [-0.1, -0.05) is 6.92 Å². The van der Waals surface area contributed by atoms with Crippen molar-refractivity contribution >= 4 is 42.3 Å². The van der Waals surface area contributed by atoms with E-state index in [1.165, 1.54) is 11.4 Å². The third-order valence-corrected chi connectivity index (χ3v) is 5.00. The molecule has 6 nitrogen and oxygen atoms in total. The topological polar surface area (TPSA) is 98.1 Å². The first kappa shape index (κ1) is 24.0. The number of carbonyl (C=O) groups is 2. The maximum atomic E-state index is 13.5. The van der Waals surface area contributed by atoms with E-state index in [4.69, 9.17) is 0 Å². The Hall–Kier alpha value is 0.0100. The minimum Gasteiger partial charge on any atom is -0.825 e. The molecule has 0 bridgehead atoms. The van der Waals surface area contributed by atoms with Crippen LogP contribution in [0.3, 0.4) is 0 Å². The monoisotopic (exact) mass is 410 g/mol. The zero-order valence-corrected chi connectivity index (χ0v) is 20.1. The van der Waals surface area contributed by atoms with E-state index in [9.17, 15) is 23.8 Å². The molecule has 3 aromatic rings. The van der Waals surface area contributed by atoms with E-state index >= 15 is 0 Å². The number of halogens is 1. The van der Waals surface area contributed by atoms with Crippen LogP contribution < -0.4 is 68.9 Å². The molecule has 0 radical (unpaired) electrons. The van der Waals surface area contributed by atoms with Gasteiger partial charge in [-0.05, 0) is 18.2 Å². The van der Waals surface area contributed by atoms with Crippen molar-refractivity contribution in [2.24, 2.45) is 0 Å². The molecule has 124 valence electrons. The molecule has 11 heteroatoms. The number of hydrogen-bond donors (Lipinski definition) is 0. The SMILES string of the molecule is CCC(=O)c1csc(C(=O)c2cn(P([O-])[O-])c3ccc(F)cc23)n1.[Na+].[Na+]. The number of rotatable bonds is 5. The van der Waals surface area contributed by atoms with Gasteiger partial charge in [0.2, 0.25) is 5.78 Å². The van der Waals surface area contributed by atoms with Crippen LogP contribution in [-0.4, -0.2) is 20.9 Å². The molecule has 0 unspecified atom stereocenters. The smallest absolute Gasteiger partial charge is 0.825 e. The van der Waals surface area contributed by atoms with Crippen LogP contribution in [-0.2, 0) is 0 Å². The first-order valence-corrected chi connectivity index (χ1v) is 8.92. The Balaban J connectivity index is 0.00000169. The molecular weight excluding hydrogens is 400 g/mol. The average molecular weight is 410 g/mol. The maximum Gasteiger partial charge on any atom is 1.00 e. The summed E-state index contributed by atoms with van der Waals surface area (Å²) in [7, 11) is -3.01. The second kappa shape index (κ2) is 9.98. The van der Waals surface area contributed by atoms with Gasteiger partial charge in [0.1, 0.15) is 11.5 Å². The van der Waals surface area contributed by atoms with Crippen molar-refractivity contribution in [3.05, 3.63) is 51.9 Å². The summed E-state index contributed by atoms with van der Waals surface area (Å²) in [6.07, 6.45) is 1.40. The largest absolute Gasteiger partial charge is 1.00 e. The van der Waals surface area contributed by atoms with Gasteiger partial charge in [-0.15, -0.1) is 11.3 Å². The number of ketones is 2. The third kappa shape index (κ3) is 4.70. The third-order valence-electron chi connectivity index (χ3n) is 3.47. The van der Waals surface area contributed by atoms with Crippen molar-refractivity contribution in [3.8, 4) is 0 Å². The molecule has 0 aliphatic heterocycles. The molecule has 0 fully saturated rings. The van der Waals surface area contributed by atoms with E-state index in [0.29, 0.717) is 0 Å². The van der Waals surface area contributed by atoms with Crippen molar-refractivity contribution in [3.63, 3.8) is 0 Å². The molecule has 0 aliphatic rings. The van der Waals surface area contributed by atoms with Crippen LogP contribution in [0.2, 0.25) is 0 Å². The fraction of sp³-hybridized carbons (Fsp3) is 0.133. The van der Waals surface area contributed by atoms with E-state index < -0.39 is 20.1 Å². The zero-order chi connectivity index (χ0) is 17.4. The molecule has 0 spiro atoms. The Kier molecular flexibility index (Phi) is 9.23. The molecule has 0 atom stereocenters. The van der Waals surface area contributed by atoms with Crippen LogP contribution in [0.4, 0.5) is 4.39 Å². The normalized spacial score (nSPS) is 10.5. The second-order valence-electron chi connectivity index (χ2n) is 4.93. The van der Waals surface area contributed by atoms with Gasteiger partial charge < -0.3 is 14.1 Å². The van der Waals surface area contributed by atoms with E-state index in [0.717, 1.165) is 34.0 Å². The van der Waals surface area contributed by atoms with Gasteiger partial charge >= 0.3 is 59.1 Å². The molecule has 1 aromatic carbocycles. The summed E-state index contributed by atoms with van der Waals surface area (Å²) >= 11 is 0.991. The second-order valence-corrected chi connectivity index (χ2v) is 6.70. The van der Waals surface area contributed by atoms with Gasteiger partial charge in [0.15, 0.2) is 10.8 Å². The van der Waals surface area contributed by atoms with Crippen LogP contribution in [0.25, 0.3) is 10.9 Å². The van der Waals surface area contributed by atoms with E-state index in [1.807, 2.05) is 0 Å². The molecule has 26 heavy (non-hydrogen) atoms. The van der Waals surface area contributed by atoms with Crippen LogP contribution in [0.5, 0.6) is 0 Å². The molecule has 0 amide bonds. The quantitative estimate of drug-likeness (QED) is 0.242. The van der Waals surface area contributed by atoms with Gasteiger partial charge in [-0.3, -0.25) is 9.59 Å². The summed E-state index contributed by atoms with van der Waals surface area (Å²) in [6, 6.07) is 3.51. The summed E-state index contributed by atoms with van der Waals surface area (Å²) in [5.41, 5.74) is 0.418. The number of carbonyl (C=O) groups excluding carboxylic acids is 2. The van der Waals surface area contributed by atoms with Crippen LogP contribution in [0.15, 0.2) is 29.8 Å². The van der Waals surface area contributed by atoms with Crippen molar-refractivity contribution in [1.82, 2.24) is 9.32 Å². The zero-order valence-electron chi connectivity index (χ0n) is 14.4.